The summed E-state index contributed by atoms with van der Waals surface area (Å²) in [6.45, 7) is 2.26. The van der Waals surface area contributed by atoms with Crippen molar-refractivity contribution in [1.29, 1.82) is 0 Å². The van der Waals surface area contributed by atoms with Crippen LogP contribution in [0.15, 0.2) is 29.2 Å². The standard InChI is InChI=1S/C7H8O3S.C6H12O/c1-6-2-4-7(5-3-6)11(8,9)10;7-5-6-3-1-2-4-6/h2-5H,1H3,(H,8,9,10);6-7H,1-5H2. The molecule has 1 aromatic carbocycles. The summed E-state index contributed by atoms with van der Waals surface area (Å²) in [6.07, 6.45) is 5.20. The summed E-state index contributed by atoms with van der Waals surface area (Å²) >= 11 is 0. The molecule has 0 spiro atoms. The molecule has 0 unspecified atom stereocenters. The van der Waals surface area contributed by atoms with Gasteiger partial charge in [0.15, 0.2) is 0 Å². The molecule has 0 amide bonds. The topological polar surface area (TPSA) is 74.6 Å². The Morgan fingerprint density at radius 2 is 1.67 bits per heavy atom. The predicted molar refractivity (Wildman–Crippen MR) is 70.0 cm³/mol. The summed E-state index contributed by atoms with van der Waals surface area (Å²) in [6, 6.07) is 5.99. The van der Waals surface area contributed by atoms with E-state index in [-0.39, 0.29) is 4.90 Å². The lowest BCUT2D eigenvalue weighted by Gasteiger charge is -1.98. The smallest absolute Gasteiger partial charge is 0.294 e. The van der Waals surface area contributed by atoms with Crippen molar-refractivity contribution in [3.63, 3.8) is 0 Å². The van der Waals surface area contributed by atoms with Gasteiger partial charge in [0.05, 0.1) is 4.90 Å². The van der Waals surface area contributed by atoms with E-state index in [9.17, 15) is 8.42 Å². The maximum atomic E-state index is 10.5. The van der Waals surface area contributed by atoms with Gasteiger partial charge in [-0.3, -0.25) is 4.55 Å². The van der Waals surface area contributed by atoms with Crippen molar-refractivity contribution in [2.24, 2.45) is 5.92 Å². The van der Waals surface area contributed by atoms with Crippen molar-refractivity contribution in [2.45, 2.75) is 37.5 Å². The molecule has 0 bridgehead atoms. The SMILES string of the molecule is Cc1ccc(S(=O)(=O)O)cc1.OCC1CCCC1. The van der Waals surface area contributed by atoms with Crippen LogP contribution in [-0.4, -0.2) is 24.7 Å². The molecule has 1 aromatic rings. The molecule has 2 rings (SSSR count). The Labute approximate surface area is 108 Å². The van der Waals surface area contributed by atoms with Gasteiger partial charge in [0.25, 0.3) is 10.1 Å². The number of hydrogen-bond acceptors (Lipinski definition) is 3. The van der Waals surface area contributed by atoms with Gasteiger partial charge in [-0.1, -0.05) is 30.5 Å². The molecule has 0 heterocycles. The van der Waals surface area contributed by atoms with E-state index in [0.29, 0.717) is 12.5 Å². The van der Waals surface area contributed by atoms with Crippen molar-refractivity contribution in [2.75, 3.05) is 6.61 Å². The van der Waals surface area contributed by atoms with Gasteiger partial charge in [-0.15, -0.1) is 0 Å². The van der Waals surface area contributed by atoms with Gasteiger partial charge in [-0.05, 0) is 37.8 Å². The van der Waals surface area contributed by atoms with Crippen molar-refractivity contribution >= 4 is 10.1 Å². The maximum Gasteiger partial charge on any atom is 0.294 e. The van der Waals surface area contributed by atoms with Crippen LogP contribution in [0.25, 0.3) is 0 Å². The Morgan fingerprint density at radius 3 is 2.00 bits per heavy atom. The van der Waals surface area contributed by atoms with Crippen molar-refractivity contribution in [3.8, 4) is 0 Å². The van der Waals surface area contributed by atoms with Gasteiger partial charge < -0.3 is 5.11 Å². The Hall–Kier alpha value is -0.910. The summed E-state index contributed by atoms with van der Waals surface area (Å²) in [4.78, 5) is -0.0666. The number of aliphatic hydroxyl groups is 1. The minimum absolute atomic E-state index is 0.0666. The normalized spacial score (nSPS) is 16.2. The molecular formula is C13H20O4S. The Morgan fingerprint density at radius 1 is 1.17 bits per heavy atom. The molecule has 1 fully saturated rings. The zero-order valence-electron chi connectivity index (χ0n) is 10.5. The highest BCUT2D eigenvalue weighted by Crippen LogP contribution is 2.23. The average molecular weight is 272 g/mol. The third-order valence-corrected chi connectivity index (χ3v) is 3.92. The number of benzene rings is 1. The molecule has 0 radical (unpaired) electrons. The van der Waals surface area contributed by atoms with Gasteiger partial charge in [-0.2, -0.15) is 8.42 Å². The second-order valence-electron chi connectivity index (χ2n) is 4.62. The fraction of sp³-hybridized carbons (Fsp3) is 0.538. The molecule has 1 aliphatic rings. The minimum Gasteiger partial charge on any atom is -0.396 e. The number of aryl methyl sites for hydroxylation is 1. The first kappa shape index (κ1) is 15.1. The highest BCUT2D eigenvalue weighted by molar-refractivity contribution is 7.85. The third-order valence-electron chi connectivity index (χ3n) is 3.05. The van der Waals surface area contributed by atoms with E-state index < -0.39 is 10.1 Å². The molecule has 0 atom stereocenters. The van der Waals surface area contributed by atoms with Gasteiger partial charge >= 0.3 is 0 Å². The minimum atomic E-state index is -4.02. The van der Waals surface area contributed by atoms with Gasteiger partial charge in [0.2, 0.25) is 0 Å². The number of rotatable bonds is 2. The zero-order valence-corrected chi connectivity index (χ0v) is 11.4. The first-order chi connectivity index (χ1) is 8.43. The molecule has 18 heavy (non-hydrogen) atoms. The van der Waals surface area contributed by atoms with Crippen LogP contribution in [0, 0.1) is 12.8 Å². The van der Waals surface area contributed by atoms with Crippen LogP contribution >= 0.6 is 0 Å². The zero-order chi connectivity index (χ0) is 13.6. The second-order valence-corrected chi connectivity index (χ2v) is 6.04. The molecule has 0 aromatic heterocycles. The molecule has 4 nitrogen and oxygen atoms in total. The summed E-state index contributed by atoms with van der Waals surface area (Å²) in [5.74, 6) is 0.653. The van der Waals surface area contributed by atoms with E-state index in [1.54, 1.807) is 12.1 Å². The average Bonchev–Trinajstić information content (AvgIpc) is 2.82. The van der Waals surface area contributed by atoms with E-state index in [4.69, 9.17) is 9.66 Å². The van der Waals surface area contributed by atoms with Crippen LogP contribution in [0.3, 0.4) is 0 Å². The molecule has 102 valence electrons. The Bertz CT molecular complexity index is 444. The van der Waals surface area contributed by atoms with Crippen LogP contribution in [0.4, 0.5) is 0 Å². The molecule has 2 N–H and O–H groups in total. The predicted octanol–water partition coefficient (Wildman–Crippen LogP) is 2.41. The first-order valence-corrected chi connectivity index (χ1v) is 7.52. The maximum absolute atomic E-state index is 10.5. The van der Waals surface area contributed by atoms with Crippen LogP contribution in [0.5, 0.6) is 0 Å². The largest absolute Gasteiger partial charge is 0.396 e. The fourth-order valence-electron chi connectivity index (χ4n) is 1.90. The van der Waals surface area contributed by atoms with Crippen LogP contribution in [0.2, 0.25) is 0 Å². The summed E-state index contributed by atoms with van der Waals surface area (Å²) in [5, 5.41) is 8.57. The van der Waals surface area contributed by atoms with Crippen molar-refractivity contribution < 1.29 is 18.1 Å². The number of hydrogen-bond donors (Lipinski definition) is 2. The summed E-state index contributed by atoms with van der Waals surface area (Å²) < 4.78 is 29.6. The van der Waals surface area contributed by atoms with E-state index in [0.717, 1.165) is 5.56 Å². The van der Waals surface area contributed by atoms with Gasteiger partial charge in [0, 0.05) is 6.61 Å². The van der Waals surface area contributed by atoms with Crippen molar-refractivity contribution in [3.05, 3.63) is 29.8 Å². The lowest BCUT2D eigenvalue weighted by atomic mass is 10.1. The van der Waals surface area contributed by atoms with Crippen molar-refractivity contribution in [1.82, 2.24) is 0 Å². The Kier molecular flexibility index (Phi) is 5.78. The quantitative estimate of drug-likeness (QED) is 0.811. The first-order valence-electron chi connectivity index (χ1n) is 6.08. The van der Waals surface area contributed by atoms with Gasteiger partial charge in [0.1, 0.15) is 0 Å². The third kappa shape index (κ3) is 5.16. The lowest BCUT2D eigenvalue weighted by molar-refractivity contribution is 0.230. The highest BCUT2D eigenvalue weighted by atomic mass is 32.2. The highest BCUT2D eigenvalue weighted by Gasteiger charge is 2.12. The lowest BCUT2D eigenvalue weighted by Crippen LogP contribution is -1.97. The monoisotopic (exact) mass is 272 g/mol. The summed E-state index contributed by atoms with van der Waals surface area (Å²) in [7, 11) is -4.02. The molecule has 1 saturated carbocycles. The molecule has 0 aliphatic heterocycles. The fourth-order valence-corrected chi connectivity index (χ4v) is 2.38. The van der Waals surface area contributed by atoms with Crippen LogP contribution < -0.4 is 0 Å². The van der Waals surface area contributed by atoms with Crippen LogP contribution in [-0.2, 0) is 10.1 Å². The van der Waals surface area contributed by atoms with Crippen LogP contribution in [0.1, 0.15) is 31.2 Å². The van der Waals surface area contributed by atoms with E-state index >= 15 is 0 Å². The molecule has 5 heteroatoms. The molecular weight excluding hydrogens is 252 g/mol. The number of aliphatic hydroxyl groups excluding tert-OH is 1. The Balaban J connectivity index is 0.000000199. The summed E-state index contributed by atoms with van der Waals surface area (Å²) in [5.41, 5.74) is 0.956. The second kappa shape index (κ2) is 6.87. The van der Waals surface area contributed by atoms with E-state index in [1.807, 2.05) is 6.92 Å². The van der Waals surface area contributed by atoms with E-state index in [2.05, 4.69) is 0 Å². The van der Waals surface area contributed by atoms with Gasteiger partial charge in [-0.25, -0.2) is 0 Å². The van der Waals surface area contributed by atoms with E-state index in [1.165, 1.54) is 37.8 Å². The molecule has 1 aliphatic carbocycles. The molecule has 0 saturated heterocycles.